The van der Waals surface area contributed by atoms with Gasteiger partial charge in [0.1, 0.15) is 0 Å². The zero-order chi connectivity index (χ0) is 14.5. The monoisotopic (exact) mass is 266 g/mol. The number of carbonyl (C=O) groups is 1. The largest absolute Gasteiger partial charge is 0.340 e. The van der Waals surface area contributed by atoms with Crippen molar-refractivity contribution >= 4 is 5.91 Å². The third-order valence-corrected chi connectivity index (χ3v) is 3.81. The van der Waals surface area contributed by atoms with Gasteiger partial charge in [0.25, 0.3) is 0 Å². The first-order valence-corrected chi connectivity index (χ1v) is 7.08. The molecule has 1 saturated heterocycles. The van der Waals surface area contributed by atoms with Crippen LogP contribution in [0.4, 0.5) is 0 Å². The van der Waals surface area contributed by atoms with Gasteiger partial charge in [0, 0.05) is 39.3 Å². The zero-order valence-electron chi connectivity index (χ0n) is 12.6. The predicted molar refractivity (Wildman–Crippen MR) is 75.6 cm³/mol. The summed E-state index contributed by atoms with van der Waals surface area (Å²) >= 11 is 0. The van der Waals surface area contributed by atoms with Crippen molar-refractivity contribution < 1.29 is 4.79 Å². The van der Waals surface area contributed by atoms with Crippen LogP contribution in [0.3, 0.4) is 0 Å². The predicted octanol–water partition coefficient (Wildman–Crippen LogP) is 0.678. The van der Waals surface area contributed by atoms with E-state index in [0.717, 1.165) is 26.2 Å². The minimum atomic E-state index is -0.493. The molecule has 108 valence electrons. The number of likely N-dealkylation sites (N-methyl/N-ethyl adjacent to an activating group) is 1. The van der Waals surface area contributed by atoms with Crippen LogP contribution < -0.4 is 5.32 Å². The Morgan fingerprint density at radius 3 is 2.53 bits per heavy atom. The average molecular weight is 266 g/mol. The molecular formula is C14H26N4O. The first-order valence-electron chi connectivity index (χ1n) is 7.08. The highest BCUT2D eigenvalue weighted by molar-refractivity contribution is 5.85. The van der Waals surface area contributed by atoms with Crippen LogP contribution in [0.15, 0.2) is 0 Å². The van der Waals surface area contributed by atoms with Crippen LogP contribution in [0.1, 0.15) is 27.7 Å². The number of nitrogens with one attached hydrogen (secondary N) is 1. The SMILES string of the molecule is CCN(CC(C)C#N)C(=O)C(C)(C)N1CCNCC1. The summed E-state index contributed by atoms with van der Waals surface area (Å²) in [5, 5.41) is 12.2. The number of hydrogen-bond acceptors (Lipinski definition) is 4. The van der Waals surface area contributed by atoms with E-state index < -0.39 is 5.54 Å². The zero-order valence-corrected chi connectivity index (χ0v) is 12.6. The maximum Gasteiger partial charge on any atom is 0.242 e. The summed E-state index contributed by atoms with van der Waals surface area (Å²) in [7, 11) is 0. The average Bonchev–Trinajstić information content (AvgIpc) is 2.44. The molecule has 1 atom stereocenters. The molecule has 19 heavy (non-hydrogen) atoms. The lowest BCUT2D eigenvalue weighted by Gasteiger charge is -2.42. The highest BCUT2D eigenvalue weighted by Gasteiger charge is 2.37. The first-order chi connectivity index (χ1) is 8.93. The molecule has 1 aliphatic heterocycles. The van der Waals surface area contributed by atoms with E-state index in [1.807, 2.05) is 27.7 Å². The lowest BCUT2D eigenvalue weighted by molar-refractivity contribution is -0.143. The van der Waals surface area contributed by atoms with Gasteiger partial charge in [0.15, 0.2) is 0 Å². The highest BCUT2D eigenvalue weighted by Crippen LogP contribution is 2.19. The van der Waals surface area contributed by atoms with Crippen molar-refractivity contribution in [2.24, 2.45) is 5.92 Å². The summed E-state index contributed by atoms with van der Waals surface area (Å²) in [5.41, 5.74) is -0.493. The molecule has 1 fully saturated rings. The third-order valence-electron chi connectivity index (χ3n) is 3.81. The van der Waals surface area contributed by atoms with Crippen molar-refractivity contribution in [3.8, 4) is 6.07 Å². The standard InChI is InChI=1S/C14H26N4O/c1-5-17(11-12(2)10-15)13(19)14(3,4)18-8-6-16-7-9-18/h12,16H,5-9,11H2,1-4H3. The molecule has 0 aliphatic carbocycles. The van der Waals surface area contributed by atoms with Gasteiger partial charge in [0.05, 0.1) is 17.5 Å². The van der Waals surface area contributed by atoms with E-state index in [1.165, 1.54) is 0 Å². The van der Waals surface area contributed by atoms with Crippen molar-refractivity contribution in [3.63, 3.8) is 0 Å². The lowest BCUT2D eigenvalue weighted by Crippen LogP contribution is -2.61. The minimum Gasteiger partial charge on any atom is -0.340 e. The smallest absolute Gasteiger partial charge is 0.242 e. The molecule has 5 heteroatoms. The number of nitriles is 1. The first kappa shape index (κ1) is 15.9. The van der Waals surface area contributed by atoms with Crippen molar-refractivity contribution in [1.82, 2.24) is 15.1 Å². The molecule has 1 heterocycles. The molecule has 0 aromatic carbocycles. The van der Waals surface area contributed by atoms with Crippen molar-refractivity contribution in [2.75, 3.05) is 39.3 Å². The molecule has 1 N–H and O–H groups in total. The Morgan fingerprint density at radius 2 is 2.05 bits per heavy atom. The van der Waals surface area contributed by atoms with Gasteiger partial charge in [-0.2, -0.15) is 5.26 Å². The van der Waals surface area contributed by atoms with Gasteiger partial charge in [-0.25, -0.2) is 0 Å². The normalized spacial score (nSPS) is 18.7. The minimum absolute atomic E-state index is 0.122. The van der Waals surface area contributed by atoms with Crippen LogP contribution >= 0.6 is 0 Å². The van der Waals surface area contributed by atoms with Gasteiger partial charge in [0.2, 0.25) is 5.91 Å². The quantitative estimate of drug-likeness (QED) is 0.795. The maximum atomic E-state index is 12.7. The van der Waals surface area contributed by atoms with Gasteiger partial charge < -0.3 is 10.2 Å². The van der Waals surface area contributed by atoms with Gasteiger partial charge in [-0.15, -0.1) is 0 Å². The summed E-state index contributed by atoms with van der Waals surface area (Å²) in [6, 6.07) is 2.20. The molecule has 0 radical (unpaired) electrons. The van der Waals surface area contributed by atoms with E-state index >= 15 is 0 Å². The van der Waals surface area contributed by atoms with E-state index in [-0.39, 0.29) is 11.8 Å². The van der Waals surface area contributed by atoms with Crippen molar-refractivity contribution in [2.45, 2.75) is 33.2 Å². The Kier molecular flexibility index (Phi) is 5.77. The van der Waals surface area contributed by atoms with Gasteiger partial charge in [-0.3, -0.25) is 9.69 Å². The van der Waals surface area contributed by atoms with Gasteiger partial charge >= 0.3 is 0 Å². The maximum absolute atomic E-state index is 12.7. The number of rotatable bonds is 5. The van der Waals surface area contributed by atoms with E-state index in [0.29, 0.717) is 13.1 Å². The van der Waals surface area contributed by atoms with Gasteiger partial charge in [-0.05, 0) is 27.7 Å². The van der Waals surface area contributed by atoms with Crippen molar-refractivity contribution in [1.29, 1.82) is 5.26 Å². The molecule has 0 aromatic heterocycles. The van der Waals surface area contributed by atoms with Crippen LogP contribution in [-0.4, -0.2) is 60.5 Å². The third kappa shape index (κ3) is 3.92. The number of hydrogen-bond donors (Lipinski definition) is 1. The molecule has 0 aromatic rings. The summed E-state index contributed by atoms with van der Waals surface area (Å²) in [5.74, 6) is 0.00159. The van der Waals surface area contributed by atoms with Crippen molar-refractivity contribution in [3.05, 3.63) is 0 Å². The fourth-order valence-electron chi connectivity index (χ4n) is 2.47. The highest BCUT2D eigenvalue weighted by atomic mass is 16.2. The molecule has 1 rings (SSSR count). The van der Waals surface area contributed by atoms with E-state index in [1.54, 1.807) is 4.90 Å². The molecule has 5 nitrogen and oxygen atoms in total. The summed E-state index contributed by atoms with van der Waals surface area (Å²) in [6.07, 6.45) is 0. The number of carbonyl (C=O) groups excluding carboxylic acids is 1. The van der Waals surface area contributed by atoms with E-state index in [9.17, 15) is 4.79 Å². The molecule has 0 bridgehead atoms. The van der Waals surface area contributed by atoms with Crippen LogP contribution in [-0.2, 0) is 4.79 Å². The fourth-order valence-corrected chi connectivity index (χ4v) is 2.47. The molecule has 0 spiro atoms. The van der Waals surface area contributed by atoms with E-state index in [2.05, 4.69) is 16.3 Å². The Hall–Kier alpha value is -1.12. The summed E-state index contributed by atoms with van der Waals surface area (Å²) in [6.45, 7) is 12.6. The number of piperazine rings is 1. The Bertz CT molecular complexity index is 342. The Morgan fingerprint density at radius 1 is 1.47 bits per heavy atom. The lowest BCUT2D eigenvalue weighted by atomic mass is 9.98. The number of amides is 1. The number of nitrogens with zero attached hydrogens (tertiary/aromatic N) is 3. The molecule has 1 amide bonds. The van der Waals surface area contributed by atoms with Crippen LogP contribution in [0.5, 0.6) is 0 Å². The second-order valence-corrected chi connectivity index (χ2v) is 5.67. The fraction of sp³-hybridized carbons (Fsp3) is 0.857. The molecule has 0 saturated carbocycles. The Balaban J connectivity index is 2.74. The molecule has 1 unspecified atom stereocenters. The summed E-state index contributed by atoms with van der Waals surface area (Å²) in [4.78, 5) is 16.7. The van der Waals surface area contributed by atoms with Crippen LogP contribution in [0.2, 0.25) is 0 Å². The molecule has 1 aliphatic rings. The second kappa shape index (κ2) is 6.88. The summed E-state index contributed by atoms with van der Waals surface area (Å²) < 4.78 is 0. The topological polar surface area (TPSA) is 59.4 Å². The molecular weight excluding hydrogens is 240 g/mol. The Labute approximate surface area is 116 Å². The second-order valence-electron chi connectivity index (χ2n) is 5.67. The van der Waals surface area contributed by atoms with Crippen LogP contribution in [0, 0.1) is 17.2 Å². The van der Waals surface area contributed by atoms with E-state index in [4.69, 9.17) is 5.26 Å². The van der Waals surface area contributed by atoms with Gasteiger partial charge in [-0.1, -0.05) is 0 Å². The van der Waals surface area contributed by atoms with Crippen LogP contribution in [0.25, 0.3) is 0 Å².